The topological polar surface area (TPSA) is 105 Å². The van der Waals surface area contributed by atoms with Crippen LogP contribution in [-0.2, 0) is 14.3 Å². The predicted octanol–water partition coefficient (Wildman–Crippen LogP) is 2.33. The highest BCUT2D eigenvalue weighted by molar-refractivity contribution is 6.04. The molecule has 0 radical (unpaired) electrons. The summed E-state index contributed by atoms with van der Waals surface area (Å²) in [6.07, 6.45) is 3.03. The van der Waals surface area contributed by atoms with Gasteiger partial charge in [0.05, 0.1) is 6.54 Å². The van der Waals surface area contributed by atoms with Gasteiger partial charge in [0.2, 0.25) is 11.8 Å². The molecule has 1 aromatic carbocycles. The van der Waals surface area contributed by atoms with E-state index in [9.17, 15) is 14.4 Å². The summed E-state index contributed by atoms with van der Waals surface area (Å²) in [7, 11) is 0. The molecule has 164 valence electrons. The third-order valence-electron chi connectivity index (χ3n) is 5.32. The molecule has 1 fully saturated rings. The van der Waals surface area contributed by atoms with E-state index >= 15 is 0 Å². The Balaban J connectivity index is 1.93. The molecular weight excluding hydrogens is 384 g/mol. The summed E-state index contributed by atoms with van der Waals surface area (Å²) >= 11 is 0. The molecule has 0 spiro atoms. The summed E-state index contributed by atoms with van der Waals surface area (Å²) < 4.78 is 5.42. The van der Waals surface area contributed by atoms with Crippen molar-refractivity contribution in [2.24, 2.45) is 5.73 Å². The fraction of sp³-hybridized carbons (Fsp3) is 0.591. The van der Waals surface area contributed by atoms with Crippen molar-refractivity contribution in [3.63, 3.8) is 0 Å². The first-order valence-corrected chi connectivity index (χ1v) is 10.6. The van der Waals surface area contributed by atoms with E-state index in [2.05, 4.69) is 5.32 Å². The molecule has 0 unspecified atom stereocenters. The molecule has 2 heterocycles. The van der Waals surface area contributed by atoms with E-state index in [1.807, 2.05) is 18.2 Å². The van der Waals surface area contributed by atoms with Crippen LogP contribution in [0.25, 0.3) is 0 Å². The van der Waals surface area contributed by atoms with Crippen molar-refractivity contribution in [2.45, 2.75) is 64.1 Å². The number of hydrogen-bond acceptors (Lipinski definition) is 5. The number of amides is 3. The molecule has 0 aromatic heterocycles. The third-order valence-corrected chi connectivity index (χ3v) is 5.32. The number of anilines is 1. The molecule has 0 saturated carbocycles. The number of benzene rings is 1. The molecule has 8 heteroatoms. The summed E-state index contributed by atoms with van der Waals surface area (Å²) in [6, 6.07) is 6.54. The van der Waals surface area contributed by atoms with Gasteiger partial charge in [-0.1, -0.05) is 25.0 Å². The Kier molecular flexibility index (Phi) is 6.65. The second-order valence-corrected chi connectivity index (χ2v) is 8.98. The number of nitrogens with zero attached hydrogens (tertiary/aromatic N) is 2. The first kappa shape index (κ1) is 22.1. The van der Waals surface area contributed by atoms with Gasteiger partial charge in [-0.05, 0) is 51.3 Å². The maximum Gasteiger partial charge on any atom is 0.410 e. The molecule has 2 aliphatic rings. The minimum atomic E-state index is -0.828. The van der Waals surface area contributed by atoms with Gasteiger partial charge in [-0.2, -0.15) is 0 Å². The van der Waals surface area contributed by atoms with Gasteiger partial charge in [-0.15, -0.1) is 0 Å². The number of carbonyl (C=O) groups is 3. The molecular formula is C22H32N4O4. The molecule has 3 N–H and O–H groups in total. The minimum absolute atomic E-state index is 0.0722. The van der Waals surface area contributed by atoms with Crippen molar-refractivity contribution in [1.82, 2.24) is 10.2 Å². The quantitative estimate of drug-likeness (QED) is 0.675. The van der Waals surface area contributed by atoms with E-state index in [4.69, 9.17) is 10.5 Å². The van der Waals surface area contributed by atoms with Crippen molar-refractivity contribution in [2.75, 3.05) is 24.5 Å². The number of rotatable bonds is 0. The molecule has 1 aromatic rings. The van der Waals surface area contributed by atoms with Crippen LogP contribution in [0.15, 0.2) is 24.3 Å². The van der Waals surface area contributed by atoms with Gasteiger partial charge < -0.3 is 15.8 Å². The van der Waals surface area contributed by atoms with Gasteiger partial charge in [0.25, 0.3) is 0 Å². The van der Waals surface area contributed by atoms with Crippen molar-refractivity contribution in [3.05, 3.63) is 29.8 Å². The van der Waals surface area contributed by atoms with Gasteiger partial charge in [0, 0.05) is 18.3 Å². The summed E-state index contributed by atoms with van der Waals surface area (Å²) in [5, 5.41) is 2.92. The Morgan fingerprint density at radius 2 is 1.97 bits per heavy atom. The predicted molar refractivity (Wildman–Crippen MR) is 114 cm³/mol. The summed E-state index contributed by atoms with van der Waals surface area (Å²) in [5.74, 6) is -0.599. The van der Waals surface area contributed by atoms with Crippen molar-refractivity contribution < 1.29 is 19.1 Å². The zero-order chi connectivity index (χ0) is 21.9. The van der Waals surface area contributed by atoms with Crippen molar-refractivity contribution in [1.29, 1.82) is 0 Å². The number of ether oxygens (including phenoxy) is 1. The number of piperazine rings is 1. The highest BCUT2D eigenvalue weighted by Gasteiger charge is 2.41. The lowest BCUT2D eigenvalue weighted by Crippen LogP contribution is -2.63. The smallest absolute Gasteiger partial charge is 0.410 e. The van der Waals surface area contributed by atoms with E-state index in [1.54, 1.807) is 26.8 Å². The summed E-state index contributed by atoms with van der Waals surface area (Å²) in [5.41, 5.74) is 7.23. The molecule has 0 aliphatic carbocycles. The van der Waals surface area contributed by atoms with E-state index < -0.39 is 17.7 Å². The summed E-state index contributed by atoms with van der Waals surface area (Å²) in [4.78, 5) is 41.5. The molecule has 3 rings (SSSR count). The zero-order valence-electron chi connectivity index (χ0n) is 18.0. The highest BCUT2D eigenvalue weighted by Crippen LogP contribution is 2.27. The normalized spacial score (nSPS) is 23.5. The molecule has 2 aliphatic heterocycles. The van der Waals surface area contributed by atoms with Crippen LogP contribution in [0.5, 0.6) is 0 Å². The first-order valence-electron chi connectivity index (χ1n) is 10.6. The van der Waals surface area contributed by atoms with Gasteiger partial charge in [0.1, 0.15) is 18.2 Å². The van der Waals surface area contributed by atoms with Crippen molar-refractivity contribution >= 4 is 23.6 Å². The lowest BCUT2D eigenvalue weighted by molar-refractivity contribution is -0.130. The molecule has 30 heavy (non-hydrogen) atoms. The van der Waals surface area contributed by atoms with Gasteiger partial charge in [-0.25, -0.2) is 4.79 Å². The van der Waals surface area contributed by atoms with Gasteiger partial charge in [0.15, 0.2) is 0 Å². The van der Waals surface area contributed by atoms with E-state index in [0.717, 1.165) is 31.2 Å². The Bertz CT molecular complexity index is 805. The van der Waals surface area contributed by atoms with Crippen LogP contribution in [0, 0.1) is 0 Å². The first-order chi connectivity index (χ1) is 14.2. The average Bonchev–Trinajstić information content (AvgIpc) is 2.68. The summed E-state index contributed by atoms with van der Waals surface area (Å²) in [6.45, 7) is 5.75. The maximum atomic E-state index is 13.1. The Morgan fingerprint density at radius 1 is 1.20 bits per heavy atom. The Morgan fingerprint density at radius 3 is 2.70 bits per heavy atom. The second-order valence-electron chi connectivity index (χ2n) is 8.98. The number of nitrogens with one attached hydrogen (secondary N) is 1. The van der Waals surface area contributed by atoms with Crippen LogP contribution in [0.2, 0.25) is 0 Å². The van der Waals surface area contributed by atoms with Gasteiger partial charge >= 0.3 is 6.09 Å². The zero-order valence-corrected chi connectivity index (χ0v) is 18.0. The van der Waals surface area contributed by atoms with Gasteiger partial charge in [-0.3, -0.25) is 19.4 Å². The van der Waals surface area contributed by atoms with Crippen LogP contribution in [-0.4, -0.2) is 54.1 Å². The number of hydrogen-bond donors (Lipinski definition) is 2. The second kappa shape index (κ2) is 9.04. The maximum absolute atomic E-state index is 13.1. The molecule has 1 saturated heterocycles. The van der Waals surface area contributed by atoms with E-state index in [0.29, 0.717) is 12.2 Å². The third kappa shape index (κ3) is 5.30. The standard InChI is InChI=1S/C22H32N4O4/c1-22(2,3)30-21(29)25-13-18-20(28)24-11-6-4-5-10-17(23)15-8-7-9-16(12-15)26(18)19(27)14-25/h7-9,12,17-18H,4-6,10-11,13-14,23H2,1-3H3,(H,24,28)/t17-,18-/m0/s1. The lowest BCUT2D eigenvalue weighted by Gasteiger charge is -2.40. The van der Waals surface area contributed by atoms with Crippen LogP contribution < -0.4 is 16.0 Å². The Hall–Kier alpha value is -2.61. The number of fused-ring (bicyclic) bond motifs is 4. The largest absolute Gasteiger partial charge is 0.444 e. The van der Waals surface area contributed by atoms with Crippen molar-refractivity contribution in [3.8, 4) is 0 Å². The van der Waals surface area contributed by atoms with Crippen LogP contribution >= 0.6 is 0 Å². The number of carbonyl (C=O) groups excluding carboxylic acids is 3. The average molecular weight is 417 g/mol. The SMILES string of the molecule is CC(C)(C)OC(=O)N1CC(=O)N2c3cccc(c3)[C@@H](N)CCCCCNC(=O)[C@@H]2C1. The molecule has 2 bridgehead atoms. The minimum Gasteiger partial charge on any atom is -0.444 e. The monoisotopic (exact) mass is 416 g/mol. The van der Waals surface area contributed by atoms with Crippen LogP contribution in [0.3, 0.4) is 0 Å². The number of nitrogens with two attached hydrogens (primary N) is 1. The van der Waals surface area contributed by atoms with Crippen LogP contribution in [0.4, 0.5) is 10.5 Å². The molecule has 8 nitrogen and oxygen atoms in total. The molecule has 2 atom stereocenters. The Labute approximate surface area is 177 Å². The lowest BCUT2D eigenvalue weighted by atomic mass is 10.00. The fourth-order valence-electron chi connectivity index (χ4n) is 3.83. The highest BCUT2D eigenvalue weighted by atomic mass is 16.6. The fourth-order valence-corrected chi connectivity index (χ4v) is 3.83. The molecule has 3 amide bonds. The van der Waals surface area contributed by atoms with E-state index in [1.165, 1.54) is 9.80 Å². The van der Waals surface area contributed by atoms with Crippen LogP contribution in [0.1, 0.15) is 58.1 Å². The van der Waals surface area contributed by atoms with E-state index in [-0.39, 0.29) is 30.9 Å².